The zero-order chi connectivity index (χ0) is 21.8. The maximum Gasteiger partial charge on any atom is 0.289 e. The summed E-state index contributed by atoms with van der Waals surface area (Å²) in [6, 6.07) is 7.76. The van der Waals surface area contributed by atoms with Crippen molar-refractivity contribution in [3.05, 3.63) is 51.4 Å². The van der Waals surface area contributed by atoms with Crippen LogP contribution in [-0.4, -0.2) is 33.4 Å². The van der Waals surface area contributed by atoms with Crippen molar-refractivity contribution in [1.29, 1.82) is 0 Å². The van der Waals surface area contributed by atoms with Crippen LogP contribution in [0.3, 0.4) is 0 Å². The molecule has 0 fully saturated rings. The van der Waals surface area contributed by atoms with Crippen LogP contribution < -0.4 is 10.3 Å². The number of benzene rings is 1. The Kier molecular flexibility index (Phi) is 7.76. The molecular formula is C21H31ClFN3O2S. The van der Waals surface area contributed by atoms with Gasteiger partial charge in [0.05, 0.1) is 11.7 Å². The fourth-order valence-corrected chi connectivity index (χ4v) is 5.38. The van der Waals surface area contributed by atoms with Gasteiger partial charge in [-0.05, 0) is 56.9 Å². The fourth-order valence-electron chi connectivity index (χ4n) is 2.85. The summed E-state index contributed by atoms with van der Waals surface area (Å²) in [5, 5.41) is 4.18. The van der Waals surface area contributed by atoms with E-state index in [4.69, 9.17) is 16.3 Å². The van der Waals surface area contributed by atoms with Gasteiger partial charge in [-0.3, -0.25) is 4.79 Å². The molecule has 0 aliphatic carbocycles. The highest BCUT2D eigenvalue weighted by atomic mass is 35.5. The minimum atomic E-state index is -1.66. The normalized spacial score (nSPS) is 15.2. The number of ether oxygens (including phenoxy) is 1. The largest absolute Gasteiger partial charge is 0.485 e. The lowest BCUT2D eigenvalue weighted by Crippen LogP contribution is -2.36. The van der Waals surface area contributed by atoms with Crippen molar-refractivity contribution in [1.82, 2.24) is 14.3 Å². The number of hydrogen-bond acceptors (Lipinski definition) is 4. The summed E-state index contributed by atoms with van der Waals surface area (Å²) in [6.07, 6.45) is 5.47. The predicted octanol–water partition coefficient (Wildman–Crippen LogP) is 5.56. The lowest BCUT2D eigenvalue weighted by atomic mass is 10.1. The van der Waals surface area contributed by atoms with Gasteiger partial charge in [0.1, 0.15) is 6.61 Å². The van der Waals surface area contributed by atoms with E-state index in [-0.39, 0.29) is 22.9 Å². The van der Waals surface area contributed by atoms with Gasteiger partial charge in [-0.1, -0.05) is 37.1 Å². The summed E-state index contributed by atoms with van der Waals surface area (Å²) in [5.74, 6) is 1.07. The van der Waals surface area contributed by atoms with E-state index in [9.17, 15) is 9.28 Å². The Bertz CT molecular complexity index is 881. The Balaban J connectivity index is 2.15. The van der Waals surface area contributed by atoms with E-state index in [0.29, 0.717) is 0 Å². The van der Waals surface area contributed by atoms with Crippen LogP contribution in [0.5, 0.6) is 5.75 Å². The molecule has 29 heavy (non-hydrogen) atoms. The van der Waals surface area contributed by atoms with Crippen molar-refractivity contribution in [2.75, 3.05) is 19.1 Å². The lowest BCUT2D eigenvalue weighted by molar-refractivity contribution is 0.192. The molecule has 1 aromatic carbocycles. The van der Waals surface area contributed by atoms with E-state index >= 15 is 0 Å². The highest BCUT2D eigenvalue weighted by Crippen LogP contribution is 2.55. The van der Waals surface area contributed by atoms with Gasteiger partial charge >= 0.3 is 0 Å². The summed E-state index contributed by atoms with van der Waals surface area (Å²) in [5.41, 5.74) is 0.0580. The Labute approximate surface area is 179 Å². The second kappa shape index (κ2) is 9.49. The molecule has 1 heterocycles. The number of aromatic nitrogens is 2. The quantitative estimate of drug-likeness (QED) is 0.501. The summed E-state index contributed by atoms with van der Waals surface area (Å²) in [7, 11) is -0.164. The summed E-state index contributed by atoms with van der Waals surface area (Å²) >= 11 is 6.20. The Morgan fingerprint density at radius 2 is 1.90 bits per heavy atom. The molecule has 8 heteroatoms. The molecule has 1 atom stereocenters. The summed E-state index contributed by atoms with van der Waals surface area (Å²) < 4.78 is 22.1. The van der Waals surface area contributed by atoms with Crippen LogP contribution in [0.4, 0.5) is 4.48 Å². The molecule has 0 radical (unpaired) electrons. The van der Waals surface area contributed by atoms with E-state index in [1.807, 2.05) is 51.3 Å². The first-order valence-corrected chi connectivity index (χ1v) is 12.2. The van der Waals surface area contributed by atoms with E-state index in [1.165, 1.54) is 17.9 Å². The van der Waals surface area contributed by atoms with Crippen molar-refractivity contribution in [2.45, 2.75) is 57.6 Å². The Morgan fingerprint density at radius 1 is 1.28 bits per heavy atom. The van der Waals surface area contributed by atoms with E-state index in [1.54, 1.807) is 0 Å². The molecule has 0 saturated heterocycles. The summed E-state index contributed by atoms with van der Waals surface area (Å²) in [4.78, 5) is 13.4. The second-order valence-corrected chi connectivity index (χ2v) is 12.0. The first kappa shape index (κ1) is 23.7. The zero-order valence-corrected chi connectivity index (χ0v) is 19.6. The second-order valence-electron chi connectivity index (χ2n) is 8.16. The molecule has 0 aliphatic rings. The van der Waals surface area contributed by atoms with Gasteiger partial charge in [0, 0.05) is 11.9 Å². The van der Waals surface area contributed by atoms with Crippen LogP contribution in [-0.2, 0) is 12.1 Å². The standard InChI is InChI=1S/C21H31ClFN3O2S/c1-7-8-13-29(6,25(5)23)17-11-9-16(10-12-17)15-28-18-14-24-26(21(2,3)4)20(27)19(18)22/h9-12,14H,7-8,13,15H2,1-6H3. The van der Waals surface area contributed by atoms with Gasteiger partial charge in [0.2, 0.25) is 0 Å². The topological polar surface area (TPSA) is 47.4 Å². The van der Waals surface area contributed by atoms with Gasteiger partial charge in [0.25, 0.3) is 5.56 Å². The first-order chi connectivity index (χ1) is 13.5. The Hall–Kier alpha value is -1.57. The van der Waals surface area contributed by atoms with Crippen LogP contribution in [0, 0.1) is 0 Å². The molecule has 2 rings (SSSR count). The molecule has 162 valence electrons. The molecule has 0 aliphatic heterocycles. The number of halogens is 2. The Morgan fingerprint density at radius 3 is 2.41 bits per heavy atom. The van der Waals surface area contributed by atoms with Crippen LogP contribution in [0.2, 0.25) is 5.02 Å². The minimum absolute atomic E-state index is 0.0159. The highest BCUT2D eigenvalue weighted by molar-refractivity contribution is 8.31. The average Bonchev–Trinajstić information content (AvgIpc) is 2.66. The van der Waals surface area contributed by atoms with Gasteiger partial charge in [0.15, 0.2) is 10.8 Å². The van der Waals surface area contributed by atoms with Crippen LogP contribution in [0.1, 0.15) is 46.1 Å². The van der Waals surface area contributed by atoms with Gasteiger partial charge in [-0.25, -0.2) is 4.68 Å². The molecular weight excluding hydrogens is 413 g/mol. The zero-order valence-electron chi connectivity index (χ0n) is 18.0. The van der Waals surface area contributed by atoms with Crippen LogP contribution >= 0.6 is 21.8 Å². The molecule has 1 unspecified atom stereocenters. The number of nitrogens with zero attached hydrogens (tertiary/aromatic N) is 3. The van der Waals surface area contributed by atoms with Gasteiger partial charge in [-0.15, -0.1) is 19.2 Å². The third-order valence-corrected chi connectivity index (χ3v) is 8.63. The maximum atomic E-state index is 14.2. The predicted molar refractivity (Wildman–Crippen MR) is 120 cm³/mol. The lowest BCUT2D eigenvalue weighted by Gasteiger charge is -2.39. The molecule has 5 nitrogen and oxygen atoms in total. The monoisotopic (exact) mass is 443 g/mol. The minimum Gasteiger partial charge on any atom is -0.485 e. The average molecular weight is 444 g/mol. The molecule has 0 amide bonds. The maximum absolute atomic E-state index is 14.2. The highest BCUT2D eigenvalue weighted by Gasteiger charge is 2.26. The molecule has 0 saturated carbocycles. The van der Waals surface area contributed by atoms with E-state index in [0.717, 1.165) is 33.6 Å². The van der Waals surface area contributed by atoms with Gasteiger partial charge in [-0.2, -0.15) is 5.10 Å². The fraction of sp³-hybridized carbons (Fsp3) is 0.524. The van der Waals surface area contributed by atoms with Crippen molar-refractivity contribution in [3.8, 4) is 5.75 Å². The number of hydrogen-bond donors (Lipinski definition) is 0. The molecule has 0 bridgehead atoms. The van der Waals surface area contributed by atoms with E-state index in [2.05, 4.69) is 12.0 Å². The molecule has 0 N–H and O–H groups in total. The van der Waals surface area contributed by atoms with E-state index < -0.39 is 15.8 Å². The SMILES string of the molecule is CCCCS(C)(c1ccc(COc2cnn(C(C)(C)C)c(=O)c2Cl)cc1)N(C)F. The van der Waals surface area contributed by atoms with Crippen molar-refractivity contribution in [3.63, 3.8) is 0 Å². The molecule has 1 aromatic heterocycles. The first-order valence-electron chi connectivity index (χ1n) is 9.66. The number of rotatable bonds is 8. The smallest absolute Gasteiger partial charge is 0.289 e. The third kappa shape index (κ3) is 5.53. The third-order valence-electron chi connectivity index (χ3n) is 4.80. The molecule has 2 aromatic rings. The van der Waals surface area contributed by atoms with Gasteiger partial charge < -0.3 is 4.74 Å². The van der Waals surface area contributed by atoms with Crippen molar-refractivity contribution in [2.24, 2.45) is 0 Å². The van der Waals surface area contributed by atoms with Crippen molar-refractivity contribution >= 4 is 21.8 Å². The summed E-state index contributed by atoms with van der Waals surface area (Å²) in [6.45, 7) is 7.99. The van der Waals surface area contributed by atoms with Crippen molar-refractivity contribution < 1.29 is 9.22 Å². The molecule has 0 spiro atoms. The van der Waals surface area contributed by atoms with Crippen LogP contribution in [0.15, 0.2) is 40.2 Å². The number of unbranched alkanes of at least 4 members (excludes halogenated alkanes) is 1. The van der Waals surface area contributed by atoms with Crippen LogP contribution in [0.25, 0.3) is 0 Å².